The second kappa shape index (κ2) is 18.0. The van der Waals surface area contributed by atoms with Crippen LogP contribution >= 0.6 is 0 Å². The van der Waals surface area contributed by atoms with E-state index in [1.807, 2.05) is 0 Å². The number of hydrogen-bond donors (Lipinski definition) is 0. The van der Waals surface area contributed by atoms with Crippen molar-refractivity contribution in [2.45, 2.75) is 62.4 Å². The van der Waals surface area contributed by atoms with Gasteiger partial charge in [0.1, 0.15) is 0 Å². The van der Waals surface area contributed by atoms with Gasteiger partial charge in [0.05, 0.1) is 0 Å². The van der Waals surface area contributed by atoms with E-state index in [1.165, 1.54) is 50.9 Å². The predicted octanol–water partition coefficient (Wildman–Crippen LogP) is 1.73. The second-order valence-electron chi connectivity index (χ2n) is 6.51. The molecule has 5 nitrogen and oxygen atoms in total. The molecular formula is C17H41NO4Si2. The van der Waals surface area contributed by atoms with E-state index in [0.717, 1.165) is 12.1 Å². The topological polar surface area (TPSA) is 40.2 Å². The molecule has 0 saturated heterocycles. The third kappa shape index (κ3) is 14.6. The van der Waals surface area contributed by atoms with Crippen LogP contribution in [0.1, 0.15) is 25.7 Å². The maximum atomic E-state index is 5.24. The van der Waals surface area contributed by atoms with Crippen molar-refractivity contribution < 1.29 is 18.9 Å². The lowest BCUT2D eigenvalue weighted by Gasteiger charge is -2.17. The summed E-state index contributed by atoms with van der Waals surface area (Å²) in [5.41, 5.74) is 0. The minimum atomic E-state index is -0.0240. The molecule has 0 aliphatic rings. The number of rotatable bonds is 18. The van der Waals surface area contributed by atoms with Crippen LogP contribution in [0.2, 0.25) is 24.2 Å². The van der Waals surface area contributed by atoms with Crippen molar-refractivity contribution in [2.24, 2.45) is 0 Å². The standard InChI is InChI=1S/C17H41NO4Si2/c1-18(10-6-8-12-23-14-16(19-2)20-3)11-7-9-13-24-15-17(21-4)22-5/h16-17H,6-15,23-24H2,1-5H3. The van der Waals surface area contributed by atoms with Crippen molar-refractivity contribution >= 4 is 19.0 Å². The smallest absolute Gasteiger partial charge is 0.153 e. The second-order valence-corrected chi connectivity index (χ2v) is 10.5. The SMILES string of the molecule is COC(C[SiH2]CCCCN(C)CCCC[SiH2]CC(OC)OC)OC. The molecule has 0 aromatic heterocycles. The first kappa shape index (κ1) is 24.2. The number of unbranched alkanes of at least 4 members (excludes halogenated alkanes) is 2. The Bertz CT molecular complexity index is 231. The molecule has 0 aliphatic carbocycles. The van der Waals surface area contributed by atoms with Gasteiger partial charge in [0.15, 0.2) is 12.6 Å². The highest BCUT2D eigenvalue weighted by Gasteiger charge is 2.06. The van der Waals surface area contributed by atoms with Crippen LogP contribution in [-0.4, -0.2) is 85.1 Å². The van der Waals surface area contributed by atoms with Gasteiger partial charge in [-0.25, -0.2) is 0 Å². The fourth-order valence-electron chi connectivity index (χ4n) is 2.87. The highest BCUT2D eigenvalue weighted by atomic mass is 28.2. The molecule has 0 fully saturated rings. The average Bonchev–Trinajstić information content (AvgIpc) is 2.60. The third-order valence-corrected chi connectivity index (χ3v) is 8.27. The van der Waals surface area contributed by atoms with E-state index < -0.39 is 0 Å². The first-order chi connectivity index (χ1) is 11.7. The molecule has 0 aromatic carbocycles. The molecule has 0 N–H and O–H groups in total. The summed E-state index contributed by atoms with van der Waals surface area (Å²) in [4.78, 5) is 2.49. The number of ether oxygens (including phenoxy) is 4. The summed E-state index contributed by atoms with van der Waals surface area (Å²) in [6, 6.07) is 5.09. The van der Waals surface area contributed by atoms with Crippen molar-refractivity contribution in [2.75, 3.05) is 48.6 Å². The van der Waals surface area contributed by atoms with Gasteiger partial charge in [-0.3, -0.25) is 0 Å². The third-order valence-electron chi connectivity index (χ3n) is 4.51. The molecule has 0 rings (SSSR count). The number of nitrogens with zero attached hydrogens (tertiary/aromatic N) is 1. The zero-order valence-electron chi connectivity index (χ0n) is 16.7. The molecule has 0 radical (unpaired) electrons. The highest BCUT2D eigenvalue weighted by Crippen LogP contribution is 2.06. The molecule has 0 aliphatic heterocycles. The van der Waals surface area contributed by atoms with E-state index in [1.54, 1.807) is 28.4 Å². The Balaban J connectivity index is 3.34. The van der Waals surface area contributed by atoms with Gasteiger partial charge in [-0.1, -0.05) is 24.9 Å². The van der Waals surface area contributed by atoms with Crippen LogP contribution in [0.5, 0.6) is 0 Å². The van der Waals surface area contributed by atoms with Crippen LogP contribution in [-0.2, 0) is 18.9 Å². The number of methoxy groups -OCH3 is 4. The number of hydrogen-bond acceptors (Lipinski definition) is 5. The van der Waals surface area contributed by atoms with E-state index in [-0.39, 0.29) is 31.6 Å². The van der Waals surface area contributed by atoms with Crippen LogP contribution in [0.25, 0.3) is 0 Å². The summed E-state index contributed by atoms with van der Waals surface area (Å²) in [5.74, 6) is 0. The molecule has 0 atom stereocenters. The van der Waals surface area contributed by atoms with Crippen LogP contribution in [0, 0.1) is 0 Å². The first-order valence-corrected chi connectivity index (χ1v) is 13.5. The molecule has 146 valence electrons. The van der Waals surface area contributed by atoms with Crippen LogP contribution in [0.3, 0.4) is 0 Å². The molecule has 7 heteroatoms. The lowest BCUT2D eigenvalue weighted by Crippen LogP contribution is -2.21. The predicted molar refractivity (Wildman–Crippen MR) is 108 cm³/mol. The molecule has 24 heavy (non-hydrogen) atoms. The van der Waals surface area contributed by atoms with Crippen molar-refractivity contribution in [3.63, 3.8) is 0 Å². The van der Waals surface area contributed by atoms with Crippen molar-refractivity contribution in [3.8, 4) is 0 Å². The lowest BCUT2D eigenvalue weighted by atomic mass is 10.3. The van der Waals surface area contributed by atoms with E-state index in [9.17, 15) is 0 Å². The van der Waals surface area contributed by atoms with Gasteiger partial charge in [0.25, 0.3) is 0 Å². The van der Waals surface area contributed by atoms with E-state index in [4.69, 9.17) is 18.9 Å². The van der Waals surface area contributed by atoms with Crippen molar-refractivity contribution in [1.29, 1.82) is 0 Å². The van der Waals surface area contributed by atoms with Gasteiger partial charge in [-0.05, 0) is 45.1 Å². The van der Waals surface area contributed by atoms with E-state index in [0.29, 0.717) is 0 Å². The normalized spacial score (nSPS) is 13.0. The van der Waals surface area contributed by atoms with Gasteiger partial charge >= 0.3 is 0 Å². The summed E-state index contributed by atoms with van der Waals surface area (Å²) >= 11 is 0. The fraction of sp³-hybridized carbons (Fsp3) is 1.00. The molecule has 0 saturated carbocycles. The van der Waals surface area contributed by atoms with Gasteiger partial charge in [0.2, 0.25) is 0 Å². The van der Waals surface area contributed by atoms with E-state index >= 15 is 0 Å². The average molecular weight is 380 g/mol. The largest absolute Gasteiger partial charge is 0.356 e. The van der Waals surface area contributed by atoms with Gasteiger partial charge < -0.3 is 23.8 Å². The monoisotopic (exact) mass is 379 g/mol. The quantitative estimate of drug-likeness (QED) is 0.206. The Hall–Kier alpha value is 0.234. The Kier molecular flexibility index (Phi) is 18.2. The molecular weight excluding hydrogens is 338 g/mol. The molecule has 0 bridgehead atoms. The molecule has 0 unspecified atom stereocenters. The maximum absolute atomic E-state index is 5.24. The minimum absolute atomic E-state index is 0.0240. The van der Waals surface area contributed by atoms with Crippen molar-refractivity contribution in [3.05, 3.63) is 0 Å². The summed E-state index contributed by atoms with van der Waals surface area (Å²) < 4.78 is 20.9. The van der Waals surface area contributed by atoms with E-state index in [2.05, 4.69) is 11.9 Å². The molecule has 0 aromatic rings. The zero-order chi connectivity index (χ0) is 18.0. The van der Waals surface area contributed by atoms with Crippen LogP contribution in [0.4, 0.5) is 0 Å². The van der Waals surface area contributed by atoms with Crippen LogP contribution in [0.15, 0.2) is 0 Å². The minimum Gasteiger partial charge on any atom is -0.356 e. The fourth-order valence-corrected chi connectivity index (χ4v) is 6.47. The Morgan fingerprint density at radius 1 is 0.667 bits per heavy atom. The van der Waals surface area contributed by atoms with Gasteiger partial charge in [0, 0.05) is 47.5 Å². The van der Waals surface area contributed by atoms with Crippen molar-refractivity contribution in [1.82, 2.24) is 4.90 Å². The first-order valence-electron chi connectivity index (χ1n) is 9.47. The Morgan fingerprint density at radius 2 is 1.04 bits per heavy atom. The Morgan fingerprint density at radius 3 is 1.38 bits per heavy atom. The van der Waals surface area contributed by atoms with Gasteiger partial charge in [-0.2, -0.15) is 0 Å². The molecule has 0 amide bonds. The maximum Gasteiger partial charge on any atom is 0.153 e. The molecule has 0 spiro atoms. The Labute approximate surface area is 154 Å². The summed E-state index contributed by atoms with van der Waals surface area (Å²) in [5, 5.41) is 0. The summed E-state index contributed by atoms with van der Waals surface area (Å²) in [7, 11) is 9.13. The van der Waals surface area contributed by atoms with Gasteiger partial charge in [-0.15, -0.1) is 0 Å². The molecule has 0 heterocycles. The highest BCUT2D eigenvalue weighted by molar-refractivity contribution is 6.35. The lowest BCUT2D eigenvalue weighted by molar-refractivity contribution is -0.0878. The van der Waals surface area contributed by atoms with Crippen LogP contribution < -0.4 is 0 Å². The summed E-state index contributed by atoms with van der Waals surface area (Å²) in [6.45, 7) is 2.47. The summed E-state index contributed by atoms with van der Waals surface area (Å²) in [6.07, 6.45) is 5.44. The zero-order valence-corrected chi connectivity index (χ0v) is 19.5.